The minimum Gasteiger partial charge on any atom is -0.352 e. The predicted molar refractivity (Wildman–Crippen MR) is 115 cm³/mol. The van der Waals surface area contributed by atoms with Gasteiger partial charge >= 0.3 is 0 Å². The van der Waals surface area contributed by atoms with E-state index in [1.807, 2.05) is 38.1 Å². The predicted octanol–water partition coefficient (Wildman–Crippen LogP) is 2.48. The van der Waals surface area contributed by atoms with Gasteiger partial charge in [-0.15, -0.1) is 5.10 Å². The first kappa shape index (κ1) is 21.2. The summed E-state index contributed by atoms with van der Waals surface area (Å²) in [6.45, 7) is 4.45. The van der Waals surface area contributed by atoms with E-state index in [1.165, 1.54) is 4.68 Å². The highest BCUT2D eigenvalue weighted by molar-refractivity contribution is 5.90. The van der Waals surface area contributed by atoms with Crippen LogP contribution in [0.15, 0.2) is 53.3 Å². The number of carbonyl (C=O) groups is 2. The molecule has 0 bridgehead atoms. The van der Waals surface area contributed by atoms with Crippen molar-refractivity contribution in [3.8, 4) is 0 Å². The van der Waals surface area contributed by atoms with Gasteiger partial charge in [0.05, 0.1) is 11.9 Å². The average molecular weight is 407 g/mol. The number of hydrogen-bond acceptors (Lipinski definition) is 5. The van der Waals surface area contributed by atoms with Gasteiger partial charge in [0.1, 0.15) is 5.52 Å². The molecule has 0 aliphatic carbocycles. The highest BCUT2D eigenvalue weighted by Gasteiger charge is 2.09. The van der Waals surface area contributed by atoms with Crippen LogP contribution in [0.4, 0.5) is 5.69 Å². The summed E-state index contributed by atoms with van der Waals surface area (Å²) in [6, 6.07) is 14.3. The first-order chi connectivity index (χ1) is 14.4. The Bertz CT molecular complexity index is 1110. The van der Waals surface area contributed by atoms with E-state index in [9.17, 15) is 14.4 Å². The van der Waals surface area contributed by atoms with E-state index in [2.05, 4.69) is 20.9 Å². The SMILES string of the molecule is CC(C)CC(=O)Nc1cccc(CNC(=O)CCn2nnc3ccccc3c2=O)c1. The molecule has 0 unspecified atom stereocenters. The molecule has 0 spiro atoms. The van der Waals surface area contributed by atoms with E-state index in [0.29, 0.717) is 29.6 Å². The van der Waals surface area contributed by atoms with Crippen LogP contribution in [0, 0.1) is 5.92 Å². The Morgan fingerprint density at radius 3 is 2.67 bits per heavy atom. The molecule has 0 atom stereocenters. The number of anilines is 1. The van der Waals surface area contributed by atoms with Gasteiger partial charge in [0.2, 0.25) is 11.8 Å². The number of amides is 2. The Kier molecular flexibility index (Phi) is 6.90. The molecule has 0 aliphatic rings. The van der Waals surface area contributed by atoms with Crippen LogP contribution < -0.4 is 16.2 Å². The molecule has 0 fully saturated rings. The van der Waals surface area contributed by atoms with Crippen molar-refractivity contribution in [2.75, 3.05) is 5.32 Å². The lowest BCUT2D eigenvalue weighted by atomic mass is 10.1. The van der Waals surface area contributed by atoms with Crippen molar-refractivity contribution in [3.63, 3.8) is 0 Å². The lowest BCUT2D eigenvalue weighted by Gasteiger charge is -2.10. The molecule has 0 saturated carbocycles. The van der Waals surface area contributed by atoms with Gasteiger partial charge in [-0.1, -0.05) is 43.3 Å². The van der Waals surface area contributed by atoms with Crippen LogP contribution in [0.5, 0.6) is 0 Å². The van der Waals surface area contributed by atoms with Crippen molar-refractivity contribution in [2.45, 2.75) is 39.8 Å². The van der Waals surface area contributed by atoms with E-state index < -0.39 is 0 Å². The first-order valence-electron chi connectivity index (χ1n) is 9.90. The molecule has 0 radical (unpaired) electrons. The maximum absolute atomic E-state index is 12.4. The van der Waals surface area contributed by atoms with Crippen LogP contribution in [-0.2, 0) is 22.7 Å². The fourth-order valence-corrected chi connectivity index (χ4v) is 3.01. The van der Waals surface area contributed by atoms with Crippen molar-refractivity contribution in [2.24, 2.45) is 5.92 Å². The Labute approximate surface area is 174 Å². The highest BCUT2D eigenvalue weighted by atomic mass is 16.2. The molecule has 8 nitrogen and oxygen atoms in total. The summed E-state index contributed by atoms with van der Waals surface area (Å²) >= 11 is 0. The summed E-state index contributed by atoms with van der Waals surface area (Å²) in [7, 11) is 0. The summed E-state index contributed by atoms with van der Waals surface area (Å²) in [5.74, 6) is 0.0477. The minimum absolute atomic E-state index is 0.0341. The van der Waals surface area contributed by atoms with Crippen LogP contribution in [0.1, 0.15) is 32.3 Å². The van der Waals surface area contributed by atoms with Gasteiger partial charge in [-0.3, -0.25) is 14.4 Å². The van der Waals surface area contributed by atoms with Crippen molar-refractivity contribution < 1.29 is 9.59 Å². The van der Waals surface area contributed by atoms with Gasteiger partial charge in [0, 0.05) is 25.1 Å². The molecule has 3 aromatic rings. The molecule has 1 heterocycles. The summed E-state index contributed by atoms with van der Waals surface area (Å²) in [4.78, 5) is 36.5. The molecular formula is C22H25N5O3. The smallest absolute Gasteiger partial charge is 0.277 e. The van der Waals surface area contributed by atoms with Crippen LogP contribution in [0.2, 0.25) is 0 Å². The third-order valence-electron chi connectivity index (χ3n) is 4.47. The molecule has 2 amide bonds. The maximum atomic E-state index is 12.4. The van der Waals surface area contributed by atoms with E-state index in [4.69, 9.17) is 0 Å². The second-order valence-electron chi connectivity index (χ2n) is 7.51. The number of hydrogen-bond donors (Lipinski definition) is 2. The molecule has 156 valence electrons. The Hall–Kier alpha value is -3.55. The van der Waals surface area contributed by atoms with Crippen molar-refractivity contribution in [1.82, 2.24) is 20.3 Å². The fraction of sp³-hybridized carbons (Fsp3) is 0.318. The van der Waals surface area contributed by atoms with E-state index in [-0.39, 0.29) is 36.3 Å². The maximum Gasteiger partial charge on any atom is 0.277 e. The van der Waals surface area contributed by atoms with Crippen LogP contribution >= 0.6 is 0 Å². The number of nitrogens with zero attached hydrogens (tertiary/aromatic N) is 3. The number of aryl methyl sites for hydroxylation is 1. The van der Waals surface area contributed by atoms with Gasteiger partial charge in [0.15, 0.2) is 0 Å². The molecule has 2 N–H and O–H groups in total. The number of carbonyl (C=O) groups excluding carboxylic acids is 2. The molecular weight excluding hydrogens is 382 g/mol. The summed E-state index contributed by atoms with van der Waals surface area (Å²) in [6.07, 6.45) is 0.565. The van der Waals surface area contributed by atoms with Gasteiger partial charge < -0.3 is 10.6 Å². The fourth-order valence-electron chi connectivity index (χ4n) is 3.01. The first-order valence-corrected chi connectivity index (χ1v) is 9.90. The number of rotatable bonds is 8. The normalized spacial score (nSPS) is 10.9. The Morgan fingerprint density at radius 1 is 1.07 bits per heavy atom. The van der Waals surface area contributed by atoms with Crippen LogP contribution in [0.25, 0.3) is 10.9 Å². The van der Waals surface area contributed by atoms with Crippen molar-refractivity contribution in [1.29, 1.82) is 0 Å². The quantitative estimate of drug-likeness (QED) is 0.597. The number of nitrogens with one attached hydrogen (secondary N) is 2. The van der Waals surface area contributed by atoms with Crippen molar-refractivity contribution in [3.05, 3.63) is 64.4 Å². The minimum atomic E-state index is -0.266. The Balaban J connectivity index is 1.53. The summed E-state index contributed by atoms with van der Waals surface area (Å²) in [5.41, 5.74) is 1.83. The number of fused-ring (bicyclic) bond motifs is 1. The third-order valence-corrected chi connectivity index (χ3v) is 4.47. The van der Waals surface area contributed by atoms with E-state index >= 15 is 0 Å². The molecule has 0 aliphatic heterocycles. The average Bonchev–Trinajstić information content (AvgIpc) is 2.71. The third kappa shape index (κ3) is 5.73. The molecule has 8 heteroatoms. The van der Waals surface area contributed by atoms with Gasteiger partial charge in [-0.2, -0.15) is 0 Å². The number of benzene rings is 2. The highest BCUT2D eigenvalue weighted by Crippen LogP contribution is 2.12. The lowest BCUT2D eigenvalue weighted by molar-refractivity contribution is -0.121. The second-order valence-corrected chi connectivity index (χ2v) is 7.51. The van der Waals surface area contributed by atoms with Gasteiger partial charge in [-0.05, 0) is 35.7 Å². The largest absolute Gasteiger partial charge is 0.352 e. The lowest BCUT2D eigenvalue weighted by Crippen LogP contribution is -2.29. The zero-order valence-corrected chi connectivity index (χ0v) is 17.1. The summed E-state index contributed by atoms with van der Waals surface area (Å²) < 4.78 is 1.20. The summed E-state index contributed by atoms with van der Waals surface area (Å²) in [5, 5.41) is 14.1. The van der Waals surface area contributed by atoms with E-state index in [0.717, 1.165) is 5.56 Å². The Morgan fingerprint density at radius 2 is 1.87 bits per heavy atom. The van der Waals surface area contributed by atoms with Gasteiger partial charge in [-0.25, -0.2) is 4.68 Å². The monoisotopic (exact) mass is 407 g/mol. The van der Waals surface area contributed by atoms with Crippen molar-refractivity contribution >= 4 is 28.4 Å². The molecule has 3 rings (SSSR count). The number of aromatic nitrogens is 3. The standard InChI is InChI=1S/C22H25N5O3/c1-15(2)12-21(29)24-17-7-5-6-16(13-17)14-23-20(28)10-11-27-22(30)18-8-3-4-9-19(18)25-26-27/h3-9,13,15H,10-12,14H2,1-2H3,(H,23,28)(H,24,29). The topological polar surface area (TPSA) is 106 Å². The zero-order chi connectivity index (χ0) is 21.5. The molecule has 2 aromatic carbocycles. The van der Waals surface area contributed by atoms with Gasteiger partial charge in [0.25, 0.3) is 5.56 Å². The van der Waals surface area contributed by atoms with Crippen LogP contribution in [-0.4, -0.2) is 26.8 Å². The zero-order valence-electron chi connectivity index (χ0n) is 17.1. The molecule has 1 aromatic heterocycles. The molecule has 0 saturated heterocycles. The second kappa shape index (κ2) is 9.78. The molecule has 30 heavy (non-hydrogen) atoms. The van der Waals surface area contributed by atoms with Crippen LogP contribution in [0.3, 0.4) is 0 Å². The van der Waals surface area contributed by atoms with E-state index in [1.54, 1.807) is 24.3 Å².